The summed E-state index contributed by atoms with van der Waals surface area (Å²) in [6.07, 6.45) is 2.65. The third kappa shape index (κ3) is 3.05. The fraction of sp³-hybridized carbons (Fsp3) is 0.647. The number of nitrogens with zero attached hydrogens (tertiary/aromatic N) is 2. The third-order valence-electron chi connectivity index (χ3n) is 4.96. The van der Waals surface area contributed by atoms with Crippen LogP contribution in [0.25, 0.3) is 0 Å². The molecule has 5 heteroatoms. The molecule has 2 aliphatic heterocycles. The predicted octanol–water partition coefficient (Wildman–Crippen LogP) is 3.03. The average molecular weight is 325 g/mol. The van der Waals surface area contributed by atoms with Crippen molar-refractivity contribution in [3.63, 3.8) is 0 Å². The Bertz CT molecular complexity index is 538. The zero-order valence-electron chi connectivity index (χ0n) is 13.6. The Morgan fingerprint density at radius 1 is 1.23 bits per heavy atom. The van der Waals surface area contributed by atoms with Gasteiger partial charge in [0.2, 0.25) is 0 Å². The van der Waals surface area contributed by atoms with Crippen molar-refractivity contribution in [1.82, 2.24) is 9.80 Å². The van der Waals surface area contributed by atoms with Crippen molar-refractivity contribution >= 4 is 11.6 Å². The highest BCUT2D eigenvalue weighted by molar-refractivity contribution is 6.30. The molecule has 3 rings (SSSR count). The number of hydrogen-bond donors (Lipinski definition) is 0. The van der Waals surface area contributed by atoms with Crippen molar-refractivity contribution < 1.29 is 9.47 Å². The van der Waals surface area contributed by atoms with Crippen LogP contribution in [-0.2, 0) is 6.54 Å². The zero-order valence-corrected chi connectivity index (χ0v) is 14.4. The first-order chi connectivity index (χ1) is 10.6. The lowest BCUT2D eigenvalue weighted by molar-refractivity contribution is 0.0534. The summed E-state index contributed by atoms with van der Waals surface area (Å²) in [6, 6.07) is 5.06. The monoisotopic (exact) mass is 324 g/mol. The Kier molecular flexibility index (Phi) is 4.81. The van der Waals surface area contributed by atoms with E-state index in [2.05, 4.69) is 16.7 Å². The molecule has 0 N–H and O–H groups in total. The van der Waals surface area contributed by atoms with Crippen LogP contribution in [0.4, 0.5) is 0 Å². The van der Waals surface area contributed by atoms with Crippen LogP contribution in [0.1, 0.15) is 25.3 Å². The van der Waals surface area contributed by atoms with Gasteiger partial charge in [-0.25, -0.2) is 0 Å². The van der Waals surface area contributed by atoms with E-state index in [4.69, 9.17) is 21.1 Å². The molecule has 122 valence electrons. The maximum Gasteiger partial charge on any atom is 0.165 e. The van der Waals surface area contributed by atoms with Crippen LogP contribution >= 0.6 is 11.6 Å². The van der Waals surface area contributed by atoms with Gasteiger partial charge in [0.1, 0.15) is 0 Å². The molecule has 4 nitrogen and oxygen atoms in total. The van der Waals surface area contributed by atoms with E-state index in [1.165, 1.54) is 19.4 Å². The summed E-state index contributed by atoms with van der Waals surface area (Å²) in [6.45, 7) is 6.70. The van der Waals surface area contributed by atoms with Crippen LogP contribution in [-0.4, -0.2) is 55.7 Å². The van der Waals surface area contributed by atoms with Crippen molar-refractivity contribution in [3.05, 3.63) is 22.7 Å². The van der Waals surface area contributed by atoms with E-state index in [-0.39, 0.29) is 0 Å². The summed E-state index contributed by atoms with van der Waals surface area (Å²) in [7, 11) is 3.34. The van der Waals surface area contributed by atoms with Gasteiger partial charge < -0.3 is 9.47 Å². The molecule has 2 aliphatic rings. The minimum atomic E-state index is 0.545. The van der Waals surface area contributed by atoms with E-state index in [9.17, 15) is 0 Å². The largest absolute Gasteiger partial charge is 0.493 e. The molecule has 2 saturated heterocycles. The molecule has 2 atom stereocenters. The Labute approximate surface area is 137 Å². The van der Waals surface area contributed by atoms with Gasteiger partial charge in [-0.15, -0.1) is 0 Å². The maximum absolute atomic E-state index is 6.24. The van der Waals surface area contributed by atoms with E-state index in [0.717, 1.165) is 30.9 Å². The van der Waals surface area contributed by atoms with Crippen LogP contribution in [0.3, 0.4) is 0 Å². The minimum absolute atomic E-state index is 0.545. The van der Waals surface area contributed by atoms with Gasteiger partial charge in [0.25, 0.3) is 0 Å². The molecule has 2 fully saturated rings. The molecule has 0 spiro atoms. The van der Waals surface area contributed by atoms with Gasteiger partial charge in [-0.1, -0.05) is 11.6 Å². The Balaban J connectivity index is 1.81. The second kappa shape index (κ2) is 6.65. The number of hydrogen-bond acceptors (Lipinski definition) is 4. The molecule has 0 unspecified atom stereocenters. The van der Waals surface area contributed by atoms with Gasteiger partial charge in [0, 0.05) is 48.4 Å². The summed E-state index contributed by atoms with van der Waals surface area (Å²) in [5.41, 5.74) is 1.10. The Morgan fingerprint density at radius 2 is 2.05 bits per heavy atom. The molecule has 0 bridgehead atoms. The third-order valence-corrected chi connectivity index (χ3v) is 5.18. The summed E-state index contributed by atoms with van der Waals surface area (Å²) >= 11 is 6.24. The number of fused-ring (bicyclic) bond motifs is 1. The molecule has 0 radical (unpaired) electrons. The second-order valence-electron chi connectivity index (χ2n) is 6.37. The first kappa shape index (κ1) is 15.9. The highest BCUT2D eigenvalue weighted by Crippen LogP contribution is 2.36. The predicted molar refractivity (Wildman–Crippen MR) is 89.0 cm³/mol. The number of rotatable bonds is 4. The first-order valence-corrected chi connectivity index (χ1v) is 8.38. The highest BCUT2D eigenvalue weighted by Gasteiger charge is 2.34. The Morgan fingerprint density at radius 3 is 2.77 bits per heavy atom. The van der Waals surface area contributed by atoms with Crippen molar-refractivity contribution in [2.75, 3.05) is 33.9 Å². The average Bonchev–Trinajstić information content (AvgIpc) is 2.94. The first-order valence-electron chi connectivity index (χ1n) is 8.01. The van der Waals surface area contributed by atoms with Crippen LogP contribution < -0.4 is 9.47 Å². The number of halogens is 1. The standard InChI is InChI=1S/C17H25ClN2O2/c1-12-9-19-6-4-5-15(19)11-20(12)10-13-7-14(18)8-16(21-2)17(13)22-3/h7-8,12,15H,4-6,9-11H2,1-3H3/t12-,15-/m0/s1. The van der Waals surface area contributed by atoms with Crippen LogP contribution in [0.2, 0.25) is 5.02 Å². The number of benzene rings is 1. The van der Waals surface area contributed by atoms with Gasteiger partial charge in [-0.05, 0) is 32.4 Å². The molecule has 22 heavy (non-hydrogen) atoms. The lowest BCUT2D eigenvalue weighted by atomic mass is 10.1. The molecule has 1 aromatic rings. The molecule has 0 amide bonds. The van der Waals surface area contributed by atoms with Crippen molar-refractivity contribution in [2.45, 2.75) is 38.4 Å². The number of piperazine rings is 1. The topological polar surface area (TPSA) is 24.9 Å². The number of ether oxygens (including phenoxy) is 2. The lowest BCUT2D eigenvalue weighted by Crippen LogP contribution is -2.54. The number of methoxy groups -OCH3 is 2. The quantitative estimate of drug-likeness (QED) is 0.850. The maximum atomic E-state index is 6.24. The molecule has 0 aromatic heterocycles. The molecule has 2 heterocycles. The van der Waals surface area contributed by atoms with E-state index < -0.39 is 0 Å². The van der Waals surface area contributed by atoms with Crippen LogP contribution in [0, 0.1) is 0 Å². The van der Waals surface area contributed by atoms with Gasteiger partial charge in [0.15, 0.2) is 11.5 Å². The molecule has 0 aliphatic carbocycles. The molecular formula is C17H25ClN2O2. The van der Waals surface area contributed by atoms with E-state index in [0.29, 0.717) is 22.9 Å². The molecular weight excluding hydrogens is 300 g/mol. The Hall–Kier alpha value is -0.970. The SMILES string of the molecule is COc1cc(Cl)cc(CN2C[C@@H]3CCCN3C[C@@H]2C)c1OC. The van der Waals surface area contributed by atoms with Gasteiger partial charge in [-0.2, -0.15) is 0 Å². The fourth-order valence-corrected chi connectivity index (χ4v) is 4.04. The normalized spacial score (nSPS) is 26.0. The van der Waals surface area contributed by atoms with Crippen molar-refractivity contribution in [3.8, 4) is 11.5 Å². The zero-order chi connectivity index (χ0) is 15.7. The fourth-order valence-electron chi connectivity index (χ4n) is 3.81. The van der Waals surface area contributed by atoms with Gasteiger partial charge in [-0.3, -0.25) is 9.80 Å². The summed E-state index contributed by atoms with van der Waals surface area (Å²) in [5.74, 6) is 1.50. The van der Waals surface area contributed by atoms with Crippen molar-refractivity contribution in [1.29, 1.82) is 0 Å². The van der Waals surface area contributed by atoms with Crippen LogP contribution in [0.15, 0.2) is 12.1 Å². The molecule has 0 saturated carbocycles. The van der Waals surface area contributed by atoms with Crippen molar-refractivity contribution in [2.24, 2.45) is 0 Å². The van der Waals surface area contributed by atoms with Crippen LogP contribution in [0.5, 0.6) is 11.5 Å². The van der Waals surface area contributed by atoms with E-state index in [1.807, 2.05) is 12.1 Å². The van der Waals surface area contributed by atoms with E-state index >= 15 is 0 Å². The highest BCUT2D eigenvalue weighted by atomic mass is 35.5. The van der Waals surface area contributed by atoms with E-state index in [1.54, 1.807) is 14.2 Å². The summed E-state index contributed by atoms with van der Waals surface area (Å²) in [5, 5.41) is 0.694. The smallest absolute Gasteiger partial charge is 0.165 e. The van der Waals surface area contributed by atoms with Gasteiger partial charge in [0.05, 0.1) is 14.2 Å². The van der Waals surface area contributed by atoms with Gasteiger partial charge >= 0.3 is 0 Å². The summed E-state index contributed by atoms with van der Waals surface area (Å²) < 4.78 is 11.0. The second-order valence-corrected chi connectivity index (χ2v) is 6.81. The minimum Gasteiger partial charge on any atom is -0.493 e. The molecule has 1 aromatic carbocycles. The summed E-state index contributed by atoms with van der Waals surface area (Å²) in [4.78, 5) is 5.18. The lowest BCUT2D eigenvalue weighted by Gasteiger charge is -2.42.